The van der Waals surface area contributed by atoms with Crippen LogP contribution in [0.5, 0.6) is 0 Å². The molecule has 0 amide bonds. The van der Waals surface area contributed by atoms with Crippen LogP contribution >= 0.6 is 0 Å². The van der Waals surface area contributed by atoms with Crippen LogP contribution in [0.15, 0.2) is 47.4 Å². The van der Waals surface area contributed by atoms with Gasteiger partial charge in [-0.1, -0.05) is 18.2 Å². The smallest absolute Gasteiger partial charge is 0.243 e. The Kier molecular flexibility index (Phi) is 4.63. The van der Waals surface area contributed by atoms with Crippen LogP contribution in [0, 0.1) is 12.7 Å². The molecule has 1 aliphatic heterocycles. The Morgan fingerprint density at radius 3 is 2.48 bits per heavy atom. The van der Waals surface area contributed by atoms with E-state index in [1.165, 1.54) is 16.4 Å². The number of benzene rings is 2. The number of hydrogen-bond acceptors (Lipinski definition) is 6. The van der Waals surface area contributed by atoms with Gasteiger partial charge in [0.1, 0.15) is 11.6 Å². The Morgan fingerprint density at radius 1 is 1.00 bits per heavy atom. The van der Waals surface area contributed by atoms with Gasteiger partial charge in [-0.05, 0) is 49.6 Å². The van der Waals surface area contributed by atoms with E-state index in [0.29, 0.717) is 24.6 Å². The van der Waals surface area contributed by atoms with Crippen LogP contribution in [-0.4, -0.2) is 58.5 Å². The quantitative estimate of drug-likeness (QED) is 0.460. The minimum absolute atomic E-state index is 0.0138. The molecule has 0 radical (unpaired) electrons. The monoisotopic (exact) mass is 466 g/mol. The van der Waals surface area contributed by atoms with E-state index in [1.54, 1.807) is 6.92 Å². The molecular weight excluding hydrogens is 443 g/mol. The molecule has 8 nitrogen and oxygen atoms in total. The van der Waals surface area contributed by atoms with E-state index in [0.717, 1.165) is 47.2 Å². The maximum atomic E-state index is 14.0. The maximum absolute atomic E-state index is 14.0. The van der Waals surface area contributed by atoms with Crippen molar-refractivity contribution in [1.82, 2.24) is 23.9 Å². The molecule has 2 aromatic heterocycles. The molecule has 1 aliphatic carbocycles. The van der Waals surface area contributed by atoms with Gasteiger partial charge in [-0.25, -0.2) is 22.2 Å². The van der Waals surface area contributed by atoms with Gasteiger partial charge in [0, 0.05) is 37.5 Å². The van der Waals surface area contributed by atoms with Crippen LogP contribution in [0.25, 0.3) is 16.6 Å². The summed E-state index contributed by atoms with van der Waals surface area (Å²) in [7, 11) is -3.77. The number of aromatic nitrogens is 4. The second kappa shape index (κ2) is 7.46. The van der Waals surface area contributed by atoms with Crippen molar-refractivity contribution in [1.29, 1.82) is 0 Å². The molecule has 2 aromatic carbocycles. The zero-order valence-corrected chi connectivity index (χ0v) is 19.0. The van der Waals surface area contributed by atoms with Crippen LogP contribution in [-0.2, 0) is 10.0 Å². The van der Waals surface area contributed by atoms with E-state index < -0.39 is 15.8 Å². The zero-order chi connectivity index (χ0) is 22.7. The number of anilines is 1. The Bertz CT molecular complexity index is 1490. The predicted molar refractivity (Wildman–Crippen MR) is 122 cm³/mol. The lowest BCUT2D eigenvalue weighted by Gasteiger charge is -2.35. The van der Waals surface area contributed by atoms with Gasteiger partial charge < -0.3 is 4.90 Å². The lowest BCUT2D eigenvalue weighted by Crippen LogP contribution is -2.49. The summed E-state index contributed by atoms with van der Waals surface area (Å²) in [5.41, 5.74) is 2.04. The number of rotatable bonds is 4. The predicted octanol–water partition coefficient (Wildman–Crippen LogP) is 3.11. The summed E-state index contributed by atoms with van der Waals surface area (Å²) in [6, 6.07) is 11.9. The third-order valence-electron chi connectivity index (χ3n) is 6.50. The zero-order valence-electron chi connectivity index (χ0n) is 18.1. The highest BCUT2D eigenvalue weighted by Crippen LogP contribution is 2.40. The van der Waals surface area contributed by atoms with Crippen LogP contribution in [0.3, 0.4) is 0 Å². The molecule has 4 aromatic rings. The lowest BCUT2D eigenvalue weighted by atomic mass is 10.2. The van der Waals surface area contributed by atoms with Crippen molar-refractivity contribution in [2.45, 2.75) is 30.6 Å². The van der Waals surface area contributed by atoms with Crippen molar-refractivity contribution < 1.29 is 12.8 Å². The second-order valence-electron chi connectivity index (χ2n) is 8.72. The van der Waals surface area contributed by atoms with Gasteiger partial charge in [0.15, 0.2) is 5.65 Å². The molecule has 0 spiro atoms. The molecular formula is C23H23FN6O2S. The van der Waals surface area contributed by atoms with E-state index >= 15 is 0 Å². The number of fused-ring (bicyclic) bond motifs is 3. The van der Waals surface area contributed by atoms with Gasteiger partial charge in [0.2, 0.25) is 16.0 Å². The average Bonchev–Trinajstić information content (AvgIpc) is 3.58. The number of nitrogens with zero attached hydrogens (tertiary/aromatic N) is 6. The average molecular weight is 467 g/mol. The molecule has 33 heavy (non-hydrogen) atoms. The highest BCUT2D eigenvalue weighted by molar-refractivity contribution is 7.89. The molecule has 0 bridgehead atoms. The number of sulfonamides is 1. The second-order valence-corrected chi connectivity index (χ2v) is 10.7. The minimum Gasteiger partial charge on any atom is -0.339 e. The van der Waals surface area contributed by atoms with E-state index in [1.807, 2.05) is 28.7 Å². The van der Waals surface area contributed by atoms with Crippen molar-refractivity contribution in [3.63, 3.8) is 0 Å². The van der Waals surface area contributed by atoms with Gasteiger partial charge in [-0.3, -0.25) is 0 Å². The van der Waals surface area contributed by atoms with Crippen molar-refractivity contribution in [3.05, 3.63) is 59.7 Å². The standard InChI is InChI=1S/C23H23FN6O2S/c1-15-6-9-17(14-19(15)24)33(31,32)29-12-10-28(11-13-29)23-25-20-5-3-2-4-18(20)22-27-26-21(30(22)23)16-7-8-16/h2-6,9,14,16H,7-8,10-13H2,1H3. The van der Waals surface area contributed by atoms with E-state index in [9.17, 15) is 12.8 Å². The van der Waals surface area contributed by atoms with Crippen molar-refractivity contribution in [2.24, 2.45) is 0 Å². The summed E-state index contributed by atoms with van der Waals surface area (Å²) < 4.78 is 43.6. The van der Waals surface area contributed by atoms with Gasteiger partial charge in [-0.15, -0.1) is 10.2 Å². The first-order chi connectivity index (χ1) is 15.9. The lowest BCUT2D eigenvalue weighted by molar-refractivity contribution is 0.382. The first-order valence-electron chi connectivity index (χ1n) is 11.1. The number of aryl methyl sites for hydroxylation is 1. The fourth-order valence-corrected chi connectivity index (χ4v) is 5.85. The molecule has 0 N–H and O–H groups in total. The molecule has 2 fully saturated rings. The molecule has 0 atom stereocenters. The Morgan fingerprint density at radius 2 is 1.76 bits per heavy atom. The van der Waals surface area contributed by atoms with E-state index in [2.05, 4.69) is 15.1 Å². The summed E-state index contributed by atoms with van der Waals surface area (Å²) in [6.45, 7) is 3.12. The Hall–Kier alpha value is -3.11. The SMILES string of the molecule is Cc1ccc(S(=O)(=O)N2CCN(c3nc4ccccc4c4nnc(C5CC5)n34)CC2)cc1F. The number of halogens is 1. The fraction of sp³-hybridized carbons (Fsp3) is 0.348. The number of hydrogen-bond donors (Lipinski definition) is 0. The van der Waals surface area contributed by atoms with Crippen molar-refractivity contribution in [3.8, 4) is 0 Å². The highest BCUT2D eigenvalue weighted by atomic mass is 32.2. The summed E-state index contributed by atoms with van der Waals surface area (Å²) in [5.74, 6) is 1.54. The largest absolute Gasteiger partial charge is 0.339 e. The third-order valence-corrected chi connectivity index (χ3v) is 8.39. The summed E-state index contributed by atoms with van der Waals surface area (Å²) in [6.07, 6.45) is 2.18. The summed E-state index contributed by atoms with van der Waals surface area (Å²) in [4.78, 5) is 7.01. The number of piperazine rings is 1. The van der Waals surface area contributed by atoms with Gasteiger partial charge in [0.25, 0.3) is 0 Å². The first kappa shape index (κ1) is 20.5. The topological polar surface area (TPSA) is 83.7 Å². The summed E-state index contributed by atoms with van der Waals surface area (Å²) in [5, 5.41) is 9.90. The number of para-hydroxylation sites is 1. The third kappa shape index (κ3) is 3.36. The molecule has 10 heteroatoms. The molecule has 3 heterocycles. The van der Waals surface area contributed by atoms with Crippen LogP contribution in [0.4, 0.5) is 10.3 Å². The molecule has 2 aliphatic rings. The fourth-order valence-electron chi connectivity index (χ4n) is 4.42. The molecule has 0 unspecified atom stereocenters. The van der Waals surface area contributed by atoms with E-state index in [-0.39, 0.29) is 18.0 Å². The molecule has 170 valence electrons. The van der Waals surface area contributed by atoms with Gasteiger partial charge in [0.05, 0.1) is 10.4 Å². The molecule has 1 saturated carbocycles. The highest BCUT2D eigenvalue weighted by Gasteiger charge is 2.34. The van der Waals surface area contributed by atoms with Crippen LogP contribution in [0.2, 0.25) is 0 Å². The Labute approximate surface area is 190 Å². The van der Waals surface area contributed by atoms with Crippen molar-refractivity contribution in [2.75, 3.05) is 31.1 Å². The molecule has 6 rings (SSSR count). The normalized spacial score (nSPS) is 17.8. The summed E-state index contributed by atoms with van der Waals surface area (Å²) >= 11 is 0. The minimum atomic E-state index is -3.77. The van der Waals surface area contributed by atoms with Gasteiger partial charge >= 0.3 is 0 Å². The Balaban J connectivity index is 1.34. The van der Waals surface area contributed by atoms with Crippen LogP contribution < -0.4 is 4.90 Å². The van der Waals surface area contributed by atoms with Crippen LogP contribution in [0.1, 0.15) is 30.1 Å². The maximum Gasteiger partial charge on any atom is 0.243 e. The first-order valence-corrected chi connectivity index (χ1v) is 12.5. The van der Waals surface area contributed by atoms with Crippen molar-refractivity contribution >= 4 is 32.5 Å². The van der Waals surface area contributed by atoms with E-state index in [4.69, 9.17) is 4.98 Å². The van der Waals surface area contributed by atoms with Gasteiger partial charge in [-0.2, -0.15) is 4.31 Å². The molecule has 1 saturated heterocycles.